The molecule has 0 spiro atoms. The molecule has 0 aliphatic rings. The molecule has 1 heterocycles. The predicted octanol–water partition coefficient (Wildman–Crippen LogP) is 4.38. The summed E-state index contributed by atoms with van der Waals surface area (Å²) in [6.45, 7) is 4.59. The number of carbonyl (C=O) groups excluding carboxylic acids is 1. The van der Waals surface area contributed by atoms with Gasteiger partial charge in [-0.25, -0.2) is 0 Å². The van der Waals surface area contributed by atoms with Gasteiger partial charge in [0.25, 0.3) is 11.1 Å². The smallest absolute Gasteiger partial charge is 0.298 e. The van der Waals surface area contributed by atoms with Gasteiger partial charge in [-0.2, -0.15) is 9.36 Å². The zero-order valence-electron chi connectivity index (χ0n) is 16.2. The molecule has 3 rings (SSSR count). The molecule has 0 bridgehead atoms. The van der Waals surface area contributed by atoms with Crippen LogP contribution in [0.1, 0.15) is 40.7 Å². The maximum Gasteiger partial charge on any atom is 0.298 e. The fourth-order valence-corrected chi connectivity index (χ4v) is 3.16. The molecule has 0 fully saturated rings. The molecule has 0 aliphatic heterocycles. The number of hydrogen-bond donors (Lipinski definition) is 1. The standard InChI is InChI=1S/C21H23N3O3S/c1-4-10-22-20(25)16-9-8-14(2)18(13-16)27-21-23-19(24-28-21)12-15-6-5-7-17(11-15)26-3/h5-9,11,13H,4,10,12H2,1-3H3,(H,22,25). The lowest BCUT2D eigenvalue weighted by molar-refractivity contribution is 0.0953. The molecule has 2 aromatic carbocycles. The highest BCUT2D eigenvalue weighted by Gasteiger charge is 2.12. The van der Waals surface area contributed by atoms with Crippen LogP contribution in [0, 0.1) is 6.92 Å². The van der Waals surface area contributed by atoms with E-state index in [0.29, 0.717) is 35.3 Å². The van der Waals surface area contributed by atoms with Gasteiger partial charge in [0, 0.05) is 30.1 Å². The van der Waals surface area contributed by atoms with Gasteiger partial charge in [0.2, 0.25) is 0 Å². The van der Waals surface area contributed by atoms with Crippen molar-refractivity contribution in [2.45, 2.75) is 26.7 Å². The number of aromatic nitrogens is 2. The molecule has 28 heavy (non-hydrogen) atoms. The van der Waals surface area contributed by atoms with E-state index >= 15 is 0 Å². The summed E-state index contributed by atoms with van der Waals surface area (Å²) in [6.07, 6.45) is 1.48. The maximum absolute atomic E-state index is 12.2. The molecule has 1 N–H and O–H groups in total. The van der Waals surface area contributed by atoms with Crippen molar-refractivity contribution in [1.82, 2.24) is 14.7 Å². The van der Waals surface area contributed by atoms with Crippen molar-refractivity contribution in [2.24, 2.45) is 0 Å². The first-order valence-electron chi connectivity index (χ1n) is 9.11. The average molecular weight is 398 g/mol. The number of rotatable bonds is 8. The van der Waals surface area contributed by atoms with Gasteiger partial charge in [-0.15, -0.1) is 0 Å². The van der Waals surface area contributed by atoms with E-state index in [9.17, 15) is 4.79 Å². The van der Waals surface area contributed by atoms with E-state index in [4.69, 9.17) is 9.47 Å². The van der Waals surface area contributed by atoms with E-state index in [1.54, 1.807) is 19.2 Å². The summed E-state index contributed by atoms with van der Waals surface area (Å²) in [6, 6.07) is 13.2. The molecule has 1 amide bonds. The summed E-state index contributed by atoms with van der Waals surface area (Å²) in [4.78, 5) is 16.6. The van der Waals surface area contributed by atoms with Crippen molar-refractivity contribution in [3.8, 4) is 16.7 Å². The summed E-state index contributed by atoms with van der Waals surface area (Å²) >= 11 is 1.20. The second-order valence-electron chi connectivity index (χ2n) is 6.34. The lowest BCUT2D eigenvalue weighted by Crippen LogP contribution is -2.23. The van der Waals surface area contributed by atoms with Gasteiger partial charge in [0.1, 0.15) is 11.5 Å². The molecular formula is C21H23N3O3S. The van der Waals surface area contributed by atoms with Crippen molar-refractivity contribution in [2.75, 3.05) is 13.7 Å². The summed E-state index contributed by atoms with van der Waals surface area (Å²) in [5, 5.41) is 3.32. The third-order valence-corrected chi connectivity index (χ3v) is 4.76. The number of carbonyl (C=O) groups is 1. The van der Waals surface area contributed by atoms with E-state index in [-0.39, 0.29) is 5.91 Å². The quantitative estimate of drug-likeness (QED) is 0.611. The van der Waals surface area contributed by atoms with E-state index in [2.05, 4.69) is 14.7 Å². The van der Waals surface area contributed by atoms with Crippen LogP contribution in [0.25, 0.3) is 0 Å². The van der Waals surface area contributed by atoms with Gasteiger partial charge in [-0.3, -0.25) is 4.79 Å². The van der Waals surface area contributed by atoms with Crippen molar-refractivity contribution < 1.29 is 14.3 Å². The molecule has 1 aromatic heterocycles. The minimum Gasteiger partial charge on any atom is -0.497 e. The van der Waals surface area contributed by atoms with Crippen LogP contribution in [0.2, 0.25) is 0 Å². The first-order valence-corrected chi connectivity index (χ1v) is 9.88. The topological polar surface area (TPSA) is 73.3 Å². The van der Waals surface area contributed by atoms with Gasteiger partial charge in [-0.05, 0) is 48.7 Å². The van der Waals surface area contributed by atoms with Gasteiger partial charge < -0.3 is 14.8 Å². The summed E-state index contributed by atoms with van der Waals surface area (Å²) in [5.74, 6) is 1.98. The Morgan fingerprint density at radius 2 is 2.07 bits per heavy atom. The highest BCUT2D eigenvalue weighted by Crippen LogP contribution is 2.28. The van der Waals surface area contributed by atoms with Gasteiger partial charge in [-0.1, -0.05) is 25.1 Å². The zero-order valence-corrected chi connectivity index (χ0v) is 17.0. The molecule has 0 saturated heterocycles. The van der Waals surface area contributed by atoms with Crippen LogP contribution in [-0.2, 0) is 6.42 Å². The number of ether oxygens (including phenoxy) is 2. The lowest BCUT2D eigenvalue weighted by Gasteiger charge is -2.08. The Bertz CT molecular complexity index is 956. The van der Waals surface area contributed by atoms with E-state index in [1.165, 1.54) is 11.5 Å². The number of hydrogen-bond acceptors (Lipinski definition) is 6. The highest BCUT2D eigenvalue weighted by molar-refractivity contribution is 7.07. The third-order valence-electron chi connectivity index (χ3n) is 4.13. The molecule has 0 unspecified atom stereocenters. The zero-order chi connectivity index (χ0) is 19.9. The molecule has 3 aromatic rings. The molecule has 7 heteroatoms. The minimum absolute atomic E-state index is 0.109. The number of benzene rings is 2. The monoisotopic (exact) mass is 397 g/mol. The van der Waals surface area contributed by atoms with Crippen LogP contribution in [-0.4, -0.2) is 28.9 Å². The number of methoxy groups -OCH3 is 1. The summed E-state index contributed by atoms with van der Waals surface area (Å²) in [5.41, 5.74) is 2.56. The molecule has 0 aliphatic carbocycles. The Morgan fingerprint density at radius 1 is 1.21 bits per heavy atom. The van der Waals surface area contributed by atoms with Crippen molar-refractivity contribution >= 4 is 17.4 Å². The number of nitrogens with zero attached hydrogens (tertiary/aromatic N) is 2. The number of aryl methyl sites for hydroxylation is 1. The van der Waals surface area contributed by atoms with Crippen LogP contribution in [0.3, 0.4) is 0 Å². The maximum atomic E-state index is 12.2. The predicted molar refractivity (Wildman–Crippen MR) is 110 cm³/mol. The number of amides is 1. The van der Waals surface area contributed by atoms with Crippen LogP contribution in [0.5, 0.6) is 16.7 Å². The van der Waals surface area contributed by atoms with Crippen LogP contribution >= 0.6 is 11.5 Å². The van der Waals surface area contributed by atoms with Crippen LogP contribution in [0.15, 0.2) is 42.5 Å². The van der Waals surface area contributed by atoms with E-state index in [0.717, 1.165) is 23.3 Å². The van der Waals surface area contributed by atoms with Crippen molar-refractivity contribution in [1.29, 1.82) is 0 Å². The van der Waals surface area contributed by atoms with E-state index in [1.807, 2.05) is 44.2 Å². The normalized spacial score (nSPS) is 10.5. The minimum atomic E-state index is -0.109. The first kappa shape index (κ1) is 19.8. The third kappa shape index (κ3) is 5.07. The lowest BCUT2D eigenvalue weighted by atomic mass is 10.1. The van der Waals surface area contributed by atoms with E-state index < -0.39 is 0 Å². The molecule has 0 saturated carbocycles. The van der Waals surface area contributed by atoms with Crippen molar-refractivity contribution in [3.63, 3.8) is 0 Å². The molecule has 0 atom stereocenters. The summed E-state index contributed by atoms with van der Waals surface area (Å²) in [7, 11) is 1.64. The fraction of sp³-hybridized carbons (Fsp3) is 0.286. The van der Waals surface area contributed by atoms with Crippen LogP contribution < -0.4 is 14.8 Å². The Morgan fingerprint density at radius 3 is 2.86 bits per heavy atom. The average Bonchev–Trinajstić information content (AvgIpc) is 3.14. The molecule has 0 radical (unpaired) electrons. The SMILES string of the molecule is CCCNC(=O)c1ccc(C)c(Oc2nc(Cc3cccc(OC)c3)ns2)c1. The Labute approximate surface area is 168 Å². The van der Waals surface area contributed by atoms with Crippen LogP contribution in [0.4, 0.5) is 0 Å². The largest absolute Gasteiger partial charge is 0.497 e. The second-order valence-corrected chi connectivity index (χ2v) is 7.06. The Balaban J connectivity index is 1.71. The molecule has 146 valence electrons. The molecule has 6 nitrogen and oxygen atoms in total. The first-order chi connectivity index (χ1) is 13.6. The number of nitrogens with one attached hydrogen (secondary N) is 1. The molecular weight excluding hydrogens is 374 g/mol. The highest BCUT2D eigenvalue weighted by atomic mass is 32.1. The second kappa shape index (κ2) is 9.32. The van der Waals surface area contributed by atoms with Gasteiger partial charge in [0.15, 0.2) is 5.82 Å². The Hall–Kier alpha value is -2.93. The van der Waals surface area contributed by atoms with Gasteiger partial charge >= 0.3 is 0 Å². The summed E-state index contributed by atoms with van der Waals surface area (Å²) < 4.78 is 15.5. The van der Waals surface area contributed by atoms with Crippen molar-refractivity contribution in [3.05, 3.63) is 65.0 Å². The Kier molecular flexibility index (Phi) is 6.60. The fourth-order valence-electron chi connectivity index (χ4n) is 2.60. The van der Waals surface area contributed by atoms with Gasteiger partial charge in [0.05, 0.1) is 7.11 Å².